The highest BCUT2D eigenvalue weighted by molar-refractivity contribution is 6.07. The number of aryl methyl sites for hydroxylation is 1. The van der Waals surface area contributed by atoms with Crippen LogP contribution in [0.3, 0.4) is 0 Å². The van der Waals surface area contributed by atoms with E-state index in [-0.39, 0.29) is 12.6 Å². The number of ether oxygens (including phenoxy) is 2. The van der Waals surface area contributed by atoms with Gasteiger partial charge in [0.05, 0.1) is 0 Å². The van der Waals surface area contributed by atoms with E-state index in [1.807, 2.05) is 11.5 Å². The number of carbonyl (C=O) groups excluding carboxylic acids is 1. The predicted molar refractivity (Wildman–Crippen MR) is 63.9 cm³/mol. The molecule has 5 heteroatoms. The van der Waals surface area contributed by atoms with E-state index in [9.17, 15) is 4.79 Å². The fourth-order valence-corrected chi connectivity index (χ4v) is 1.94. The fourth-order valence-electron chi connectivity index (χ4n) is 1.94. The largest absolute Gasteiger partial charge is 0.454 e. The lowest BCUT2D eigenvalue weighted by atomic mass is 10.1. The van der Waals surface area contributed by atoms with Crippen molar-refractivity contribution in [1.29, 1.82) is 0 Å². The van der Waals surface area contributed by atoms with E-state index in [0.717, 1.165) is 0 Å². The molecule has 0 aliphatic carbocycles. The summed E-state index contributed by atoms with van der Waals surface area (Å²) in [5, 5.41) is 0. The lowest BCUT2D eigenvalue weighted by Crippen LogP contribution is -2.10. The van der Waals surface area contributed by atoms with Gasteiger partial charge in [-0.1, -0.05) is 0 Å². The third-order valence-corrected chi connectivity index (χ3v) is 2.89. The summed E-state index contributed by atoms with van der Waals surface area (Å²) in [4.78, 5) is 16.4. The van der Waals surface area contributed by atoms with Crippen molar-refractivity contribution in [1.82, 2.24) is 9.55 Å². The number of benzene rings is 1. The number of imidazole rings is 1. The van der Waals surface area contributed by atoms with Gasteiger partial charge in [-0.25, -0.2) is 4.98 Å². The summed E-state index contributed by atoms with van der Waals surface area (Å²) in [7, 11) is 0. The first-order valence-electron chi connectivity index (χ1n) is 5.75. The van der Waals surface area contributed by atoms with Crippen molar-refractivity contribution in [3.63, 3.8) is 0 Å². The maximum Gasteiger partial charge on any atom is 0.231 e. The Labute approximate surface area is 104 Å². The van der Waals surface area contributed by atoms with E-state index in [1.54, 1.807) is 30.6 Å². The molecule has 1 aromatic heterocycles. The van der Waals surface area contributed by atoms with E-state index in [1.165, 1.54) is 0 Å². The highest BCUT2D eigenvalue weighted by Crippen LogP contribution is 2.32. The monoisotopic (exact) mass is 244 g/mol. The lowest BCUT2D eigenvalue weighted by molar-refractivity contribution is 0.102. The number of rotatable bonds is 3. The quantitative estimate of drug-likeness (QED) is 0.773. The van der Waals surface area contributed by atoms with Gasteiger partial charge in [0.2, 0.25) is 12.6 Å². The molecule has 1 aliphatic heterocycles. The Bertz CT molecular complexity index is 604. The second-order valence-electron chi connectivity index (χ2n) is 3.93. The van der Waals surface area contributed by atoms with Gasteiger partial charge in [0.25, 0.3) is 0 Å². The van der Waals surface area contributed by atoms with E-state index >= 15 is 0 Å². The minimum atomic E-state index is -0.111. The normalized spacial score (nSPS) is 12.7. The van der Waals surface area contributed by atoms with Crippen molar-refractivity contribution in [2.24, 2.45) is 0 Å². The molecular formula is C13H12N2O3. The van der Waals surface area contributed by atoms with E-state index in [0.29, 0.717) is 29.4 Å². The molecule has 1 aliphatic rings. The molecule has 0 atom stereocenters. The van der Waals surface area contributed by atoms with Crippen molar-refractivity contribution >= 4 is 5.78 Å². The van der Waals surface area contributed by atoms with Crippen LogP contribution in [-0.2, 0) is 6.54 Å². The van der Waals surface area contributed by atoms with Crippen LogP contribution in [0.25, 0.3) is 0 Å². The number of hydrogen-bond donors (Lipinski definition) is 0. The number of hydrogen-bond acceptors (Lipinski definition) is 4. The van der Waals surface area contributed by atoms with Gasteiger partial charge >= 0.3 is 0 Å². The van der Waals surface area contributed by atoms with Crippen LogP contribution >= 0.6 is 0 Å². The van der Waals surface area contributed by atoms with Crippen LogP contribution < -0.4 is 9.47 Å². The molecule has 0 unspecified atom stereocenters. The molecule has 0 fully saturated rings. The van der Waals surface area contributed by atoms with Crippen molar-refractivity contribution in [2.75, 3.05) is 6.79 Å². The third kappa shape index (κ3) is 1.64. The standard InChI is InChI=1S/C13H12N2O3/c1-2-15-6-5-14-13(15)12(16)9-3-4-10-11(7-9)18-8-17-10/h3-7H,2,8H2,1H3. The Kier molecular flexibility index (Phi) is 2.51. The molecule has 2 aromatic rings. The maximum atomic E-state index is 12.3. The smallest absolute Gasteiger partial charge is 0.231 e. The van der Waals surface area contributed by atoms with Crippen LogP contribution in [0.1, 0.15) is 23.1 Å². The minimum Gasteiger partial charge on any atom is -0.454 e. The molecule has 0 radical (unpaired) electrons. The second kappa shape index (κ2) is 4.18. The zero-order valence-corrected chi connectivity index (χ0v) is 9.92. The minimum absolute atomic E-state index is 0.111. The van der Waals surface area contributed by atoms with Crippen molar-refractivity contribution in [2.45, 2.75) is 13.5 Å². The molecule has 0 N–H and O–H groups in total. The van der Waals surface area contributed by atoms with E-state index < -0.39 is 0 Å². The molecule has 2 heterocycles. The molecule has 0 spiro atoms. The van der Waals surface area contributed by atoms with Gasteiger partial charge in [-0.3, -0.25) is 4.79 Å². The summed E-state index contributed by atoms with van der Waals surface area (Å²) in [6.07, 6.45) is 3.42. The SMILES string of the molecule is CCn1ccnc1C(=O)c1ccc2c(c1)OCO2. The summed E-state index contributed by atoms with van der Waals surface area (Å²) in [5.41, 5.74) is 0.556. The van der Waals surface area contributed by atoms with Gasteiger partial charge in [-0.15, -0.1) is 0 Å². The summed E-state index contributed by atoms with van der Waals surface area (Å²) in [6.45, 7) is 2.89. The van der Waals surface area contributed by atoms with Crippen LogP contribution in [-0.4, -0.2) is 22.1 Å². The van der Waals surface area contributed by atoms with Crippen LogP contribution in [0.2, 0.25) is 0 Å². The molecule has 0 saturated heterocycles. The average molecular weight is 244 g/mol. The molecule has 5 nitrogen and oxygen atoms in total. The van der Waals surface area contributed by atoms with Gasteiger partial charge < -0.3 is 14.0 Å². The van der Waals surface area contributed by atoms with E-state index in [2.05, 4.69) is 4.98 Å². The van der Waals surface area contributed by atoms with Crippen molar-refractivity contribution < 1.29 is 14.3 Å². The van der Waals surface area contributed by atoms with Gasteiger partial charge in [0.15, 0.2) is 17.3 Å². The number of ketones is 1. The van der Waals surface area contributed by atoms with Crippen molar-refractivity contribution in [3.8, 4) is 11.5 Å². The lowest BCUT2D eigenvalue weighted by Gasteiger charge is -2.04. The Morgan fingerprint density at radius 1 is 1.39 bits per heavy atom. The first-order valence-corrected chi connectivity index (χ1v) is 5.75. The molecule has 0 amide bonds. The maximum absolute atomic E-state index is 12.3. The van der Waals surface area contributed by atoms with Crippen molar-refractivity contribution in [3.05, 3.63) is 42.0 Å². The second-order valence-corrected chi connectivity index (χ2v) is 3.93. The van der Waals surface area contributed by atoms with Gasteiger partial charge in [0.1, 0.15) is 0 Å². The summed E-state index contributed by atoms with van der Waals surface area (Å²) >= 11 is 0. The third-order valence-electron chi connectivity index (χ3n) is 2.89. The zero-order chi connectivity index (χ0) is 12.5. The number of carbonyl (C=O) groups is 1. The van der Waals surface area contributed by atoms with Crippen LogP contribution in [0.15, 0.2) is 30.6 Å². The Morgan fingerprint density at radius 3 is 3.06 bits per heavy atom. The number of nitrogens with zero attached hydrogens (tertiary/aromatic N) is 2. The molecule has 0 bridgehead atoms. The Balaban J connectivity index is 1.98. The van der Waals surface area contributed by atoms with Crippen LogP contribution in [0.5, 0.6) is 11.5 Å². The number of fused-ring (bicyclic) bond motifs is 1. The van der Waals surface area contributed by atoms with Gasteiger partial charge in [-0.05, 0) is 25.1 Å². The van der Waals surface area contributed by atoms with Gasteiger partial charge in [0, 0.05) is 24.5 Å². The zero-order valence-electron chi connectivity index (χ0n) is 9.92. The first kappa shape index (κ1) is 10.8. The van der Waals surface area contributed by atoms with E-state index in [4.69, 9.17) is 9.47 Å². The average Bonchev–Trinajstić information content (AvgIpc) is 3.05. The first-order chi connectivity index (χ1) is 8.79. The topological polar surface area (TPSA) is 53.4 Å². The molecular weight excluding hydrogens is 232 g/mol. The number of aromatic nitrogens is 2. The van der Waals surface area contributed by atoms with Crippen LogP contribution in [0.4, 0.5) is 0 Å². The predicted octanol–water partition coefficient (Wildman–Crippen LogP) is 1.86. The Hall–Kier alpha value is -2.30. The fraction of sp³-hybridized carbons (Fsp3) is 0.231. The summed E-state index contributed by atoms with van der Waals surface area (Å²) in [5.74, 6) is 1.61. The van der Waals surface area contributed by atoms with Crippen LogP contribution in [0, 0.1) is 0 Å². The highest BCUT2D eigenvalue weighted by Gasteiger charge is 2.19. The molecule has 18 heavy (non-hydrogen) atoms. The molecule has 3 rings (SSSR count). The highest BCUT2D eigenvalue weighted by atomic mass is 16.7. The molecule has 0 saturated carbocycles. The van der Waals surface area contributed by atoms with Gasteiger partial charge in [-0.2, -0.15) is 0 Å². The molecule has 1 aromatic carbocycles. The Morgan fingerprint density at radius 2 is 2.22 bits per heavy atom. The summed E-state index contributed by atoms with van der Waals surface area (Å²) in [6, 6.07) is 5.17. The molecule has 92 valence electrons. The summed E-state index contributed by atoms with van der Waals surface area (Å²) < 4.78 is 12.3.